The maximum atomic E-state index is 12.8. The first-order valence-corrected chi connectivity index (χ1v) is 9.38. The van der Waals surface area contributed by atoms with Gasteiger partial charge in [-0.3, -0.25) is 4.79 Å². The van der Waals surface area contributed by atoms with Crippen molar-refractivity contribution in [3.63, 3.8) is 0 Å². The average molecular weight is 375 g/mol. The predicted octanol–water partition coefficient (Wildman–Crippen LogP) is 2.17. The van der Waals surface area contributed by atoms with Crippen LogP contribution in [0.15, 0.2) is 0 Å². The summed E-state index contributed by atoms with van der Waals surface area (Å²) in [6.07, 6.45) is 2.42. The molecule has 2 rings (SSSR count). The van der Waals surface area contributed by atoms with E-state index in [1.165, 1.54) is 0 Å². The quantitative estimate of drug-likeness (QED) is 0.822. The highest BCUT2D eigenvalue weighted by Crippen LogP contribution is 2.30. The van der Waals surface area contributed by atoms with Crippen molar-refractivity contribution in [3.8, 4) is 0 Å². The van der Waals surface area contributed by atoms with Gasteiger partial charge in [0.15, 0.2) is 0 Å². The number of likely N-dealkylation sites (tertiary alicyclic amines) is 2. The molecule has 0 aromatic heterocycles. The molecule has 6 nitrogen and oxygen atoms in total. The summed E-state index contributed by atoms with van der Waals surface area (Å²) in [5.41, 5.74) is 6.15. The van der Waals surface area contributed by atoms with Gasteiger partial charge in [0.2, 0.25) is 5.91 Å². The van der Waals surface area contributed by atoms with Gasteiger partial charge in [0.1, 0.15) is 0 Å². The van der Waals surface area contributed by atoms with Crippen molar-refractivity contribution in [2.45, 2.75) is 53.0 Å². The predicted molar refractivity (Wildman–Crippen MR) is 103 cm³/mol. The Kier molecular flexibility index (Phi) is 8.00. The zero-order chi connectivity index (χ0) is 17.9. The lowest BCUT2D eigenvalue weighted by Crippen LogP contribution is -2.56. The van der Waals surface area contributed by atoms with Crippen molar-refractivity contribution in [2.75, 3.05) is 39.3 Å². The number of hydrogen-bond donors (Lipinski definition) is 1. The van der Waals surface area contributed by atoms with Gasteiger partial charge in [-0.25, -0.2) is 4.79 Å². The van der Waals surface area contributed by atoms with Crippen LogP contribution in [0.3, 0.4) is 0 Å². The molecule has 2 saturated heterocycles. The molecule has 146 valence electrons. The Labute approximate surface area is 158 Å². The molecule has 0 aliphatic carbocycles. The van der Waals surface area contributed by atoms with E-state index in [1.54, 1.807) is 0 Å². The topological polar surface area (TPSA) is 69.9 Å². The van der Waals surface area contributed by atoms with E-state index in [4.69, 9.17) is 5.73 Å². The highest BCUT2D eigenvalue weighted by Gasteiger charge is 2.38. The van der Waals surface area contributed by atoms with E-state index < -0.39 is 0 Å². The Morgan fingerprint density at radius 3 is 2.04 bits per heavy atom. The zero-order valence-corrected chi connectivity index (χ0v) is 17.0. The van der Waals surface area contributed by atoms with Gasteiger partial charge in [-0.1, -0.05) is 13.8 Å². The third kappa shape index (κ3) is 5.00. The minimum absolute atomic E-state index is 0. The van der Waals surface area contributed by atoms with E-state index in [9.17, 15) is 9.59 Å². The number of urea groups is 1. The molecule has 2 heterocycles. The van der Waals surface area contributed by atoms with E-state index in [1.807, 2.05) is 28.5 Å². The van der Waals surface area contributed by atoms with Crippen LogP contribution in [0.5, 0.6) is 0 Å². The average Bonchev–Trinajstić information content (AvgIpc) is 2.57. The van der Waals surface area contributed by atoms with Crippen LogP contribution in [-0.2, 0) is 4.79 Å². The summed E-state index contributed by atoms with van der Waals surface area (Å²) in [6, 6.07) is 0.270. The third-order valence-corrected chi connectivity index (χ3v) is 5.77. The number of nitrogens with two attached hydrogens (primary N) is 1. The van der Waals surface area contributed by atoms with Gasteiger partial charge >= 0.3 is 6.03 Å². The summed E-state index contributed by atoms with van der Waals surface area (Å²) in [6.45, 7) is 12.6. The summed E-state index contributed by atoms with van der Waals surface area (Å²) in [7, 11) is 0. The number of carbonyl (C=O) groups excluding carboxylic acids is 2. The number of piperidine rings is 2. The van der Waals surface area contributed by atoms with Crippen molar-refractivity contribution in [1.29, 1.82) is 0 Å². The number of carbonyl (C=O) groups is 2. The van der Waals surface area contributed by atoms with Gasteiger partial charge in [0.05, 0.1) is 0 Å². The molecule has 1 atom stereocenters. The molecule has 0 bridgehead atoms. The third-order valence-electron chi connectivity index (χ3n) is 5.77. The fourth-order valence-corrected chi connectivity index (χ4v) is 3.83. The maximum absolute atomic E-state index is 12.8. The van der Waals surface area contributed by atoms with Gasteiger partial charge in [-0.05, 0) is 38.5 Å². The summed E-state index contributed by atoms with van der Waals surface area (Å²) in [5.74, 6) is 0.306. The van der Waals surface area contributed by atoms with Crippen LogP contribution in [-0.4, -0.2) is 71.9 Å². The second-order valence-electron chi connectivity index (χ2n) is 7.86. The Bertz CT molecular complexity index is 460. The first kappa shape index (κ1) is 22.0. The summed E-state index contributed by atoms with van der Waals surface area (Å²) in [5, 5.41) is 0. The Balaban J connectivity index is 0.00000312. The summed E-state index contributed by atoms with van der Waals surface area (Å²) >= 11 is 0. The molecule has 2 aliphatic rings. The van der Waals surface area contributed by atoms with Crippen molar-refractivity contribution >= 4 is 24.3 Å². The second-order valence-corrected chi connectivity index (χ2v) is 7.86. The molecular formula is C18H35ClN4O2. The summed E-state index contributed by atoms with van der Waals surface area (Å²) in [4.78, 5) is 31.0. The van der Waals surface area contributed by atoms with Crippen LogP contribution in [0.25, 0.3) is 0 Å². The molecule has 1 unspecified atom stereocenters. The van der Waals surface area contributed by atoms with Crippen molar-refractivity contribution in [3.05, 3.63) is 0 Å². The molecule has 0 spiro atoms. The number of nitrogens with zero attached hydrogens (tertiary/aromatic N) is 3. The van der Waals surface area contributed by atoms with Gasteiger partial charge in [0, 0.05) is 51.2 Å². The van der Waals surface area contributed by atoms with Gasteiger partial charge in [-0.15, -0.1) is 12.4 Å². The lowest BCUT2D eigenvalue weighted by Gasteiger charge is -2.44. The van der Waals surface area contributed by atoms with E-state index in [0.29, 0.717) is 13.1 Å². The highest BCUT2D eigenvalue weighted by atomic mass is 35.5. The maximum Gasteiger partial charge on any atom is 0.319 e. The molecule has 0 saturated carbocycles. The van der Waals surface area contributed by atoms with Gasteiger partial charge < -0.3 is 20.4 Å². The van der Waals surface area contributed by atoms with E-state index >= 15 is 0 Å². The Morgan fingerprint density at radius 1 is 1.04 bits per heavy atom. The SMILES string of the molecule is CCN(CC)C(=O)N1CCC(C(=O)N2CCC(N)C(C)(C)C2)CC1.Cl. The largest absolute Gasteiger partial charge is 0.342 e. The minimum Gasteiger partial charge on any atom is -0.342 e. The van der Waals surface area contributed by atoms with Crippen molar-refractivity contribution < 1.29 is 9.59 Å². The van der Waals surface area contributed by atoms with Crippen LogP contribution in [0.1, 0.15) is 47.0 Å². The Morgan fingerprint density at radius 2 is 1.56 bits per heavy atom. The standard InChI is InChI=1S/C18H34N4O2.ClH/c1-5-20(6-2)17(24)21-10-7-14(8-11-21)16(23)22-12-9-15(19)18(3,4)13-22;/h14-15H,5-13,19H2,1-4H3;1H. The molecule has 7 heteroatoms. The van der Waals surface area contributed by atoms with Gasteiger partial charge in [-0.2, -0.15) is 0 Å². The number of amides is 3. The van der Waals surface area contributed by atoms with Crippen LogP contribution >= 0.6 is 12.4 Å². The number of hydrogen-bond acceptors (Lipinski definition) is 3. The Hall–Kier alpha value is -1.01. The first-order valence-electron chi connectivity index (χ1n) is 9.38. The van der Waals surface area contributed by atoms with E-state index in [-0.39, 0.29) is 41.7 Å². The van der Waals surface area contributed by atoms with Gasteiger partial charge in [0.25, 0.3) is 0 Å². The smallest absolute Gasteiger partial charge is 0.319 e. The zero-order valence-electron chi connectivity index (χ0n) is 16.2. The molecule has 0 radical (unpaired) electrons. The lowest BCUT2D eigenvalue weighted by atomic mass is 9.79. The van der Waals surface area contributed by atoms with Crippen LogP contribution in [0.2, 0.25) is 0 Å². The van der Waals surface area contributed by atoms with Crippen molar-refractivity contribution in [2.24, 2.45) is 17.1 Å². The van der Waals surface area contributed by atoms with Crippen LogP contribution in [0, 0.1) is 11.3 Å². The molecule has 0 aromatic rings. The van der Waals surface area contributed by atoms with E-state index in [0.717, 1.165) is 45.4 Å². The molecular weight excluding hydrogens is 340 g/mol. The molecule has 2 fully saturated rings. The minimum atomic E-state index is -0.0205. The lowest BCUT2D eigenvalue weighted by molar-refractivity contribution is -0.140. The monoisotopic (exact) mass is 374 g/mol. The molecule has 0 aromatic carbocycles. The molecule has 25 heavy (non-hydrogen) atoms. The highest BCUT2D eigenvalue weighted by molar-refractivity contribution is 5.85. The fourth-order valence-electron chi connectivity index (χ4n) is 3.83. The summed E-state index contributed by atoms with van der Waals surface area (Å²) < 4.78 is 0. The normalized spacial score (nSPS) is 23.8. The van der Waals surface area contributed by atoms with Crippen LogP contribution < -0.4 is 5.73 Å². The fraction of sp³-hybridized carbons (Fsp3) is 0.889. The van der Waals surface area contributed by atoms with E-state index in [2.05, 4.69) is 13.8 Å². The second kappa shape index (κ2) is 9.08. The van der Waals surface area contributed by atoms with Crippen LogP contribution in [0.4, 0.5) is 4.79 Å². The molecule has 2 aliphatic heterocycles. The molecule has 3 amide bonds. The first-order chi connectivity index (χ1) is 11.3. The molecule has 2 N–H and O–H groups in total. The number of halogens is 1. The number of rotatable bonds is 3. The van der Waals surface area contributed by atoms with Crippen molar-refractivity contribution in [1.82, 2.24) is 14.7 Å².